The average molecular weight is 293 g/mol. The maximum absolute atomic E-state index is 12.9. The van der Waals surface area contributed by atoms with Gasteiger partial charge in [0.2, 0.25) is 0 Å². The topological polar surface area (TPSA) is 48.7 Å². The third-order valence-electron chi connectivity index (χ3n) is 3.37. The predicted octanol–water partition coefficient (Wildman–Crippen LogP) is 4.11. The van der Waals surface area contributed by atoms with Gasteiger partial charge in [0.25, 0.3) is 0 Å². The van der Waals surface area contributed by atoms with Crippen molar-refractivity contribution >= 4 is 16.6 Å². The molecule has 0 atom stereocenters. The molecular weight excluding hydrogens is 279 g/mol. The van der Waals surface area contributed by atoms with Gasteiger partial charge in [-0.3, -0.25) is 4.98 Å². The van der Waals surface area contributed by atoms with E-state index in [2.05, 4.69) is 10.3 Å². The van der Waals surface area contributed by atoms with Crippen LogP contribution in [0.4, 0.5) is 18.9 Å². The molecule has 0 radical (unpaired) electrons. The van der Waals surface area contributed by atoms with E-state index in [9.17, 15) is 13.2 Å². The molecule has 0 bridgehead atoms. The van der Waals surface area contributed by atoms with Crippen LogP contribution in [0, 0.1) is 16.7 Å². The third-order valence-corrected chi connectivity index (χ3v) is 3.37. The Labute approximate surface area is 120 Å². The zero-order valence-corrected chi connectivity index (χ0v) is 11.6. The molecule has 1 aromatic heterocycles. The van der Waals surface area contributed by atoms with Crippen LogP contribution in [0.3, 0.4) is 0 Å². The maximum Gasteiger partial charge on any atom is 0.395 e. The Bertz CT molecular complexity index is 699. The summed E-state index contributed by atoms with van der Waals surface area (Å²) in [5.74, 6) is 0. The summed E-state index contributed by atoms with van der Waals surface area (Å²) in [5.41, 5.74) is -0.652. The summed E-state index contributed by atoms with van der Waals surface area (Å²) in [6.07, 6.45) is -2.96. The Morgan fingerprint density at radius 3 is 2.52 bits per heavy atom. The number of para-hydroxylation sites is 1. The van der Waals surface area contributed by atoms with Crippen LogP contribution < -0.4 is 5.32 Å². The highest BCUT2D eigenvalue weighted by Gasteiger charge is 2.47. The Morgan fingerprint density at radius 1 is 1.24 bits per heavy atom. The van der Waals surface area contributed by atoms with E-state index in [1.807, 2.05) is 6.07 Å². The number of anilines is 1. The van der Waals surface area contributed by atoms with Gasteiger partial charge in [0.1, 0.15) is 6.07 Å². The second-order valence-electron chi connectivity index (χ2n) is 5.41. The van der Waals surface area contributed by atoms with Crippen molar-refractivity contribution in [3.05, 3.63) is 36.0 Å². The number of halogens is 3. The van der Waals surface area contributed by atoms with Crippen molar-refractivity contribution in [1.82, 2.24) is 4.98 Å². The molecule has 1 N–H and O–H groups in total. The summed E-state index contributed by atoms with van der Waals surface area (Å²) >= 11 is 0. The monoisotopic (exact) mass is 293 g/mol. The van der Waals surface area contributed by atoms with E-state index in [-0.39, 0.29) is 12.1 Å². The smallest absolute Gasteiger partial charge is 0.382 e. The first-order valence-electron chi connectivity index (χ1n) is 6.35. The highest BCUT2D eigenvalue weighted by Crippen LogP contribution is 2.38. The summed E-state index contributed by atoms with van der Waals surface area (Å²) in [7, 11) is 0. The van der Waals surface area contributed by atoms with Crippen molar-refractivity contribution in [3.8, 4) is 6.07 Å². The molecule has 0 amide bonds. The Hall–Kier alpha value is -2.29. The van der Waals surface area contributed by atoms with Crippen LogP contribution in [0.15, 0.2) is 30.5 Å². The van der Waals surface area contributed by atoms with Gasteiger partial charge in [0.15, 0.2) is 0 Å². The van der Waals surface area contributed by atoms with Crippen molar-refractivity contribution < 1.29 is 13.2 Å². The van der Waals surface area contributed by atoms with Gasteiger partial charge < -0.3 is 5.32 Å². The molecule has 6 heteroatoms. The second-order valence-corrected chi connectivity index (χ2v) is 5.41. The van der Waals surface area contributed by atoms with Gasteiger partial charge in [-0.15, -0.1) is 0 Å². The molecule has 0 aliphatic carbocycles. The standard InChI is InChI=1S/C15H14F3N3/c1-14(2,15(16,17)18)9-21-13-10(7-19)8-20-12-6-4-3-5-11(12)13/h3-6,8H,9H2,1-2H3,(H,20,21). The molecule has 0 aliphatic heterocycles. The van der Waals surface area contributed by atoms with Crippen LogP contribution in [0.25, 0.3) is 10.9 Å². The average Bonchev–Trinajstić information content (AvgIpc) is 2.43. The van der Waals surface area contributed by atoms with Crippen LogP contribution in [0.5, 0.6) is 0 Å². The first kappa shape index (κ1) is 15.1. The lowest BCUT2D eigenvalue weighted by molar-refractivity contribution is -0.206. The van der Waals surface area contributed by atoms with Gasteiger partial charge in [-0.05, 0) is 19.9 Å². The number of nitriles is 1. The van der Waals surface area contributed by atoms with Crippen LogP contribution in [-0.2, 0) is 0 Å². The van der Waals surface area contributed by atoms with Crippen molar-refractivity contribution in [1.29, 1.82) is 5.26 Å². The molecule has 0 spiro atoms. The summed E-state index contributed by atoms with van der Waals surface area (Å²) in [4.78, 5) is 4.12. The molecule has 1 aromatic carbocycles. The Kier molecular flexibility index (Phi) is 3.77. The van der Waals surface area contributed by atoms with E-state index in [0.29, 0.717) is 16.6 Å². The van der Waals surface area contributed by atoms with E-state index in [1.165, 1.54) is 6.20 Å². The SMILES string of the molecule is CC(C)(CNc1c(C#N)cnc2ccccc12)C(F)(F)F. The van der Waals surface area contributed by atoms with Crippen LogP contribution >= 0.6 is 0 Å². The fraction of sp³-hybridized carbons (Fsp3) is 0.333. The molecule has 1 heterocycles. The third kappa shape index (κ3) is 2.92. The molecule has 110 valence electrons. The summed E-state index contributed by atoms with van der Waals surface area (Å²) in [6.45, 7) is 1.92. The largest absolute Gasteiger partial charge is 0.395 e. The number of hydrogen-bond donors (Lipinski definition) is 1. The summed E-state index contributed by atoms with van der Waals surface area (Å²) < 4.78 is 38.7. The molecule has 2 rings (SSSR count). The van der Waals surface area contributed by atoms with Crippen LogP contribution in [-0.4, -0.2) is 17.7 Å². The van der Waals surface area contributed by atoms with Gasteiger partial charge >= 0.3 is 6.18 Å². The van der Waals surface area contributed by atoms with E-state index >= 15 is 0 Å². The number of alkyl halides is 3. The molecule has 3 nitrogen and oxygen atoms in total. The van der Waals surface area contributed by atoms with Gasteiger partial charge in [-0.2, -0.15) is 18.4 Å². The minimum Gasteiger partial charge on any atom is -0.382 e. The molecule has 0 saturated heterocycles. The number of pyridine rings is 1. The molecule has 0 fully saturated rings. The zero-order valence-electron chi connectivity index (χ0n) is 11.6. The lowest BCUT2D eigenvalue weighted by atomic mass is 9.92. The van der Waals surface area contributed by atoms with Gasteiger partial charge in [-0.25, -0.2) is 0 Å². The van der Waals surface area contributed by atoms with E-state index < -0.39 is 11.6 Å². The molecule has 2 aromatic rings. The fourth-order valence-corrected chi connectivity index (χ4v) is 1.83. The van der Waals surface area contributed by atoms with Gasteiger partial charge in [0.05, 0.1) is 22.2 Å². The van der Waals surface area contributed by atoms with Crippen LogP contribution in [0.1, 0.15) is 19.4 Å². The predicted molar refractivity (Wildman–Crippen MR) is 74.8 cm³/mol. The number of hydrogen-bond acceptors (Lipinski definition) is 3. The Balaban J connectivity index is 2.40. The Morgan fingerprint density at radius 2 is 1.90 bits per heavy atom. The molecule has 0 saturated carbocycles. The summed E-state index contributed by atoms with van der Waals surface area (Å²) in [6, 6.07) is 8.97. The molecule has 21 heavy (non-hydrogen) atoms. The molecule has 0 unspecified atom stereocenters. The summed E-state index contributed by atoms with van der Waals surface area (Å²) in [5, 5.41) is 12.5. The number of nitrogens with zero attached hydrogens (tertiary/aromatic N) is 2. The highest BCUT2D eigenvalue weighted by molar-refractivity contribution is 5.93. The number of aromatic nitrogens is 1. The highest BCUT2D eigenvalue weighted by atomic mass is 19.4. The fourth-order valence-electron chi connectivity index (χ4n) is 1.83. The second kappa shape index (κ2) is 5.24. The maximum atomic E-state index is 12.9. The number of fused-ring (bicyclic) bond motifs is 1. The number of benzene rings is 1. The lowest BCUT2D eigenvalue weighted by Crippen LogP contribution is -2.38. The number of nitrogens with one attached hydrogen (secondary N) is 1. The van der Waals surface area contributed by atoms with Gasteiger partial charge in [0, 0.05) is 18.1 Å². The first-order chi connectivity index (χ1) is 9.76. The molecular formula is C15H14F3N3. The molecule has 0 aliphatic rings. The number of rotatable bonds is 3. The van der Waals surface area contributed by atoms with E-state index in [0.717, 1.165) is 13.8 Å². The van der Waals surface area contributed by atoms with Crippen molar-refractivity contribution in [2.75, 3.05) is 11.9 Å². The minimum absolute atomic E-state index is 0.228. The van der Waals surface area contributed by atoms with Crippen LogP contribution in [0.2, 0.25) is 0 Å². The van der Waals surface area contributed by atoms with E-state index in [1.54, 1.807) is 24.3 Å². The van der Waals surface area contributed by atoms with Crippen molar-refractivity contribution in [3.63, 3.8) is 0 Å². The van der Waals surface area contributed by atoms with Crippen molar-refractivity contribution in [2.45, 2.75) is 20.0 Å². The van der Waals surface area contributed by atoms with Crippen molar-refractivity contribution in [2.24, 2.45) is 5.41 Å². The van der Waals surface area contributed by atoms with E-state index in [4.69, 9.17) is 5.26 Å². The quantitative estimate of drug-likeness (QED) is 0.926. The normalized spacial score (nSPS) is 12.2. The minimum atomic E-state index is -4.32. The first-order valence-corrected chi connectivity index (χ1v) is 6.35. The zero-order chi connectivity index (χ0) is 15.7. The lowest BCUT2D eigenvalue weighted by Gasteiger charge is -2.28. The van der Waals surface area contributed by atoms with Gasteiger partial charge in [-0.1, -0.05) is 18.2 Å².